The molecular weight excluding hydrogens is 453 g/mol. The number of hydrogen-bond donors (Lipinski definition) is 0. The van der Waals surface area contributed by atoms with Crippen LogP contribution in [0.4, 0.5) is 13.2 Å². The van der Waals surface area contributed by atoms with Crippen molar-refractivity contribution >= 4 is 0 Å². The molecule has 0 bridgehead atoms. The zero-order valence-electron chi connectivity index (χ0n) is 21.6. The van der Waals surface area contributed by atoms with Crippen molar-refractivity contribution in [2.75, 3.05) is 19.8 Å². The van der Waals surface area contributed by atoms with Crippen molar-refractivity contribution in [1.82, 2.24) is 0 Å². The molecular formula is C29H41F3O3. The lowest BCUT2D eigenvalue weighted by Gasteiger charge is -2.39. The summed E-state index contributed by atoms with van der Waals surface area (Å²) in [6, 6.07) is 13.1. The van der Waals surface area contributed by atoms with E-state index in [1.54, 1.807) is 6.07 Å². The number of hydrogen-bond acceptors (Lipinski definition) is 3. The fourth-order valence-electron chi connectivity index (χ4n) is 4.49. The van der Waals surface area contributed by atoms with Crippen LogP contribution >= 0.6 is 0 Å². The molecule has 0 heterocycles. The first-order valence-corrected chi connectivity index (χ1v) is 13.0. The fourth-order valence-corrected chi connectivity index (χ4v) is 4.49. The average Bonchev–Trinajstić information content (AvgIpc) is 2.84. The van der Waals surface area contributed by atoms with Crippen molar-refractivity contribution in [1.29, 1.82) is 0 Å². The largest absolute Gasteiger partial charge is 0.416 e. The van der Waals surface area contributed by atoms with Gasteiger partial charge < -0.3 is 14.2 Å². The maximum Gasteiger partial charge on any atom is 0.416 e. The first kappa shape index (κ1) is 29.3. The van der Waals surface area contributed by atoms with Crippen molar-refractivity contribution < 1.29 is 27.4 Å². The van der Waals surface area contributed by atoms with Crippen molar-refractivity contribution in [2.24, 2.45) is 0 Å². The van der Waals surface area contributed by atoms with E-state index in [-0.39, 0.29) is 5.92 Å². The molecule has 35 heavy (non-hydrogen) atoms. The molecule has 0 aliphatic carbocycles. The minimum absolute atomic E-state index is 0.163. The predicted molar refractivity (Wildman–Crippen MR) is 135 cm³/mol. The fraction of sp³-hybridized carbons (Fsp3) is 0.586. The summed E-state index contributed by atoms with van der Waals surface area (Å²) in [4.78, 5) is 0. The number of benzene rings is 2. The van der Waals surface area contributed by atoms with E-state index in [0.717, 1.165) is 36.5 Å². The summed E-state index contributed by atoms with van der Waals surface area (Å²) in [7, 11) is 0. The van der Waals surface area contributed by atoms with Gasteiger partial charge in [-0.15, -0.1) is 0 Å². The van der Waals surface area contributed by atoms with Crippen molar-refractivity contribution in [3.05, 3.63) is 59.7 Å². The van der Waals surface area contributed by atoms with Crippen LogP contribution in [0.3, 0.4) is 0 Å². The molecule has 2 rings (SSSR count). The molecule has 1 atom stereocenters. The monoisotopic (exact) mass is 494 g/mol. The SMILES string of the molecule is CCCCCCCCC(c1ccc(-c2cccc(C(F)(F)F)c2)cc1)C(OCC)(OCC)OCC. The van der Waals surface area contributed by atoms with Gasteiger partial charge in [0.25, 0.3) is 5.97 Å². The lowest BCUT2D eigenvalue weighted by Crippen LogP contribution is -2.45. The Kier molecular flexibility index (Phi) is 12.3. The third-order valence-corrected chi connectivity index (χ3v) is 6.15. The predicted octanol–water partition coefficient (Wildman–Crippen LogP) is 8.97. The summed E-state index contributed by atoms with van der Waals surface area (Å²) in [6.45, 7) is 9.29. The molecule has 0 aromatic heterocycles. The third kappa shape index (κ3) is 8.62. The van der Waals surface area contributed by atoms with E-state index in [1.165, 1.54) is 37.8 Å². The van der Waals surface area contributed by atoms with Crippen LogP contribution in [0.25, 0.3) is 11.1 Å². The van der Waals surface area contributed by atoms with Crippen LogP contribution < -0.4 is 0 Å². The molecule has 196 valence electrons. The first-order valence-electron chi connectivity index (χ1n) is 13.0. The van der Waals surface area contributed by atoms with Crippen LogP contribution in [0.2, 0.25) is 0 Å². The highest BCUT2D eigenvalue weighted by Gasteiger charge is 2.42. The Labute approximate surface area is 209 Å². The standard InChI is InChI=1S/C29H41F3O3/c1-5-9-10-11-12-13-17-27(29(33-6-2,34-7-3)35-8-4)24-20-18-23(19-21-24)25-15-14-16-26(22-25)28(30,31)32/h14-16,18-22,27H,5-13,17H2,1-4H3. The van der Waals surface area contributed by atoms with Crippen LogP contribution in [-0.2, 0) is 20.4 Å². The van der Waals surface area contributed by atoms with E-state index < -0.39 is 17.7 Å². The van der Waals surface area contributed by atoms with Gasteiger partial charge in [-0.1, -0.05) is 81.8 Å². The number of rotatable bonds is 16. The molecule has 3 nitrogen and oxygen atoms in total. The summed E-state index contributed by atoms with van der Waals surface area (Å²) in [5.74, 6) is -1.36. The van der Waals surface area contributed by atoms with Crippen molar-refractivity contribution in [3.63, 3.8) is 0 Å². The zero-order chi connectivity index (χ0) is 25.7. The molecule has 0 N–H and O–H groups in total. The van der Waals surface area contributed by atoms with Gasteiger partial charge in [0.15, 0.2) is 0 Å². The Morgan fingerprint density at radius 1 is 0.686 bits per heavy atom. The van der Waals surface area contributed by atoms with Crippen LogP contribution in [0, 0.1) is 0 Å². The number of ether oxygens (including phenoxy) is 3. The molecule has 0 saturated carbocycles. The maximum atomic E-state index is 13.2. The molecule has 2 aromatic carbocycles. The topological polar surface area (TPSA) is 27.7 Å². The Hall–Kier alpha value is -1.89. The first-order chi connectivity index (χ1) is 16.8. The van der Waals surface area contributed by atoms with Crippen LogP contribution in [0.15, 0.2) is 48.5 Å². The van der Waals surface area contributed by atoms with Crippen molar-refractivity contribution in [3.8, 4) is 11.1 Å². The molecule has 6 heteroatoms. The molecule has 0 aliphatic heterocycles. The van der Waals surface area contributed by atoms with Gasteiger partial charge in [0.2, 0.25) is 0 Å². The van der Waals surface area contributed by atoms with Crippen LogP contribution in [0.5, 0.6) is 0 Å². The van der Waals surface area contributed by atoms with E-state index in [0.29, 0.717) is 25.4 Å². The number of unbranched alkanes of at least 4 members (excludes halogenated alkanes) is 5. The molecule has 0 amide bonds. The Bertz CT molecular complexity index is 832. The third-order valence-electron chi connectivity index (χ3n) is 6.15. The lowest BCUT2D eigenvalue weighted by molar-refractivity contribution is -0.389. The molecule has 0 aliphatic rings. The lowest BCUT2D eigenvalue weighted by atomic mass is 9.89. The molecule has 0 radical (unpaired) electrons. The molecule has 2 aromatic rings. The van der Waals surface area contributed by atoms with E-state index in [1.807, 2.05) is 45.0 Å². The normalized spacial score (nSPS) is 13.2. The van der Waals surface area contributed by atoms with E-state index in [9.17, 15) is 13.2 Å². The second-order valence-corrected chi connectivity index (χ2v) is 8.71. The van der Waals surface area contributed by atoms with E-state index in [2.05, 4.69) is 6.92 Å². The molecule has 0 fully saturated rings. The maximum absolute atomic E-state index is 13.2. The zero-order valence-corrected chi connectivity index (χ0v) is 21.6. The molecule has 0 spiro atoms. The summed E-state index contributed by atoms with van der Waals surface area (Å²) in [5.41, 5.74) is 1.60. The van der Waals surface area contributed by atoms with Crippen LogP contribution in [-0.4, -0.2) is 25.8 Å². The summed E-state index contributed by atoms with van der Waals surface area (Å²) < 4.78 is 57.9. The summed E-state index contributed by atoms with van der Waals surface area (Å²) >= 11 is 0. The minimum atomic E-state index is -4.37. The highest BCUT2D eigenvalue weighted by Crippen LogP contribution is 2.39. The number of alkyl halides is 3. The quantitative estimate of drug-likeness (QED) is 0.172. The summed E-state index contributed by atoms with van der Waals surface area (Å²) in [6.07, 6.45) is 3.49. The van der Waals surface area contributed by atoms with Gasteiger partial charge in [-0.3, -0.25) is 0 Å². The van der Waals surface area contributed by atoms with Crippen LogP contribution in [0.1, 0.15) is 89.7 Å². The Morgan fingerprint density at radius 2 is 1.26 bits per heavy atom. The molecule has 0 saturated heterocycles. The van der Waals surface area contributed by atoms with Gasteiger partial charge in [-0.25, -0.2) is 0 Å². The van der Waals surface area contributed by atoms with Gasteiger partial charge in [0.05, 0.1) is 11.5 Å². The molecule has 1 unspecified atom stereocenters. The Balaban J connectivity index is 2.34. The van der Waals surface area contributed by atoms with Gasteiger partial charge >= 0.3 is 6.18 Å². The number of halogens is 3. The van der Waals surface area contributed by atoms with E-state index >= 15 is 0 Å². The Morgan fingerprint density at radius 3 is 1.80 bits per heavy atom. The second kappa shape index (κ2) is 14.6. The highest BCUT2D eigenvalue weighted by molar-refractivity contribution is 5.64. The average molecular weight is 495 g/mol. The van der Waals surface area contributed by atoms with Gasteiger partial charge in [0, 0.05) is 19.8 Å². The van der Waals surface area contributed by atoms with Crippen molar-refractivity contribution in [2.45, 2.75) is 90.7 Å². The second-order valence-electron chi connectivity index (χ2n) is 8.71. The highest BCUT2D eigenvalue weighted by atomic mass is 19.4. The summed E-state index contributed by atoms with van der Waals surface area (Å²) in [5, 5.41) is 0. The minimum Gasteiger partial charge on any atom is -0.327 e. The van der Waals surface area contributed by atoms with Gasteiger partial charge in [0.1, 0.15) is 0 Å². The van der Waals surface area contributed by atoms with Gasteiger partial charge in [-0.05, 0) is 56.0 Å². The smallest absolute Gasteiger partial charge is 0.327 e. The van der Waals surface area contributed by atoms with Gasteiger partial charge in [-0.2, -0.15) is 13.2 Å². The van der Waals surface area contributed by atoms with E-state index in [4.69, 9.17) is 14.2 Å².